The molecule has 0 radical (unpaired) electrons. The first kappa shape index (κ1) is 15.8. The number of benzene rings is 1. The van der Waals surface area contributed by atoms with E-state index in [0.29, 0.717) is 18.0 Å². The van der Waals surface area contributed by atoms with E-state index in [4.69, 9.17) is 5.73 Å². The van der Waals surface area contributed by atoms with Crippen LogP contribution in [0.2, 0.25) is 0 Å². The molecule has 2 N–H and O–H groups in total. The van der Waals surface area contributed by atoms with E-state index in [-0.39, 0.29) is 18.4 Å². The van der Waals surface area contributed by atoms with Gasteiger partial charge in [0.15, 0.2) is 0 Å². The molecule has 0 spiro atoms. The maximum absolute atomic E-state index is 12.5. The van der Waals surface area contributed by atoms with Crippen LogP contribution in [0.4, 0.5) is 13.2 Å². The van der Waals surface area contributed by atoms with Gasteiger partial charge in [0.25, 0.3) is 0 Å². The van der Waals surface area contributed by atoms with Gasteiger partial charge < -0.3 is 10.6 Å². The second-order valence-electron chi connectivity index (χ2n) is 5.52. The van der Waals surface area contributed by atoms with Crippen molar-refractivity contribution in [2.75, 3.05) is 13.6 Å². The third-order valence-corrected chi connectivity index (χ3v) is 3.94. The number of likely N-dealkylation sites (N-methyl/N-ethyl adjacent to an activating group) is 1. The summed E-state index contributed by atoms with van der Waals surface area (Å²) in [5, 5.41) is 0. The normalized spacial score (nSPS) is 16.6. The van der Waals surface area contributed by atoms with Crippen molar-refractivity contribution in [2.24, 2.45) is 11.7 Å². The molecule has 21 heavy (non-hydrogen) atoms. The number of nitrogens with two attached hydrogens (primary N) is 1. The quantitative estimate of drug-likeness (QED) is 0.908. The van der Waals surface area contributed by atoms with Gasteiger partial charge in [-0.2, -0.15) is 13.2 Å². The summed E-state index contributed by atoms with van der Waals surface area (Å²) in [6, 6.07) is 4.74. The SMILES string of the molecule is CN(C(=O)Cc1ccc(C(F)(F)F)cc1)C(CN)C1CC1. The maximum Gasteiger partial charge on any atom is 0.416 e. The lowest BCUT2D eigenvalue weighted by molar-refractivity contribution is -0.137. The van der Waals surface area contributed by atoms with Gasteiger partial charge in [0.05, 0.1) is 12.0 Å². The van der Waals surface area contributed by atoms with Gasteiger partial charge in [0.1, 0.15) is 0 Å². The number of amides is 1. The lowest BCUT2D eigenvalue weighted by atomic mass is 10.1. The van der Waals surface area contributed by atoms with Gasteiger partial charge in [-0.1, -0.05) is 12.1 Å². The van der Waals surface area contributed by atoms with Crippen LogP contribution in [0.15, 0.2) is 24.3 Å². The van der Waals surface area contributed by atoms with Crippen molar-refractivity contribution >= 4 is 5.91 Å². The fourth-order valence-corrected chi connectivity index (χ4v) is 2.44. The summed E-state index contributed by atoms with van der Waals surface area (Å²) < 4.78 is 37.4. The number of halogens is 3. The highest BCUT2D eigenvalue weighted by Crippen LogP contribution is 2.34. The Morgan fingerprint density at radius 1 is 1.33 bits per heavy atom. The van der Waals surface area contributed by atoms with Gasteiger partial charge in [-0.05, 0) is 36.5 Å². The van der Waals surface area contributed by atoms with Crippen LogP contribution in [0, 0.1) is 5.92 Å². The number of carbonyl (C=O) groups excluding carboxylic acids is 1. The number of alkyl halides is 3. The molecular formula is C15H19F3N2O. The standard InChI is InChI=1S/C15H19F3N2O/c1-20(13(9-19)11-4-5-11)14(21)8-10-2-6-12(7-3-10)15(16,17)18/h2-3,6-7,11,13H,4-5,8-9,19H2,1H3. The number of carbonyl (C=O) groups is 1. The first-order chi connectivity index (χ1) is 9.82. The van der Waals surface area contributed by atoms with E-state index in [1.807, 2.05) is 0 Å². The van der Waals surface area contributed by atoms with Crippen molar-refractivity contribution in [1.29, 1.82) is 0 Å². The van der Waals surface area contributed by atoms with E-state index < -0.39 is 11.7 Å². The van der Waals surface area contributed by atoms with Gasteiger partial charge >= 0.3 is 6.18 Å². The van der Waals surface area contributed by atoms with Crippen LogP contribution < -0.4 is 5.73 Å². The molecule has 1 fully saturated rings. The zero-order chi connectivity index (χ0) is 15.6. The van der Waals surface area contributed by atoms with Crippen molar-refractivity contribution in [2.45, 2.75) is 31.5 Å². The van der Waals surface area contributed by atoms with Crippen LogP contribution in [0.3, 0.4) is 0 Å². The van der Waals surface area contributed by atoms with Crippen molar-refractivity contribution in [3.63, 3.8) is 0 Å². The van der Waals surface area contributed by atoms with Gasteiger partial charge in [0.2, 0.25) is 5.91 Å². The average molecular weight is 300 g/mol. The fourth-order valence-electron chi connectivity index (χ4n) is 2.44. The number of rotatable bonds is 5. The Bertz CT molecular complexity index is 495. The summed E-state index contributed by atoms with van der Waals surface area (Å²) in [4.78, 5) is 13.8. The first-order valence-corrected chi connectivity index (χ1v) is 6.94. The summed E-state index contributed by atoms with van der Waals surface area (Å²) in [6.45, 7) is 0.417. The number of hydrogen-bond acceptors (Lipinski definition) is 2. The second kappa shape index (κ2) is 6.05. The first-order valence-electron chi connectivity index (χ1n) is 6.94. The number of hydrogen-bond donors (Lipinski definition) is 1. The highest BCUT2D eigenvalue weighted by atomic mass is 19.4. The minimum absolute atomic E-state index is 0.0342. The molecule has 2 rings (SSSR count). The van der Waals surface area contributed by atoms with Crippen LogP contribution in [-0.2, 0) is 17.4 Å². The molecule has 1 saturated carbocycles. The maximum atomic E-state index is 12.5. The van der Waals surface area contributed by atoms with E-state index in [1.165, 1.54) is 12.1 Å². The molecule has 1 atom stereocenters. The van der Waals surface area contributed by atoms with Gasteiger partial charge in [-0.25, -0.2) is 0 Å². The van der Waals surface area contributed by atoms with Crippen LogP contribution in [0.5, 0.6) is 0 Å². The summed E-state index contributed by atoms with van der Waals surface area (Å²) in [7, 11) is 1.71. The molecule has 0 heterocycles. The van der Waals surface area contributed by atoms with Gasteiger partial charge in [-0.15, -0.1) is 0 Å². The Morgan fingerprint density at radius 2 is 1.90 bits per heavy atom. The Hall–Kier alpha value is -1.56. The summed E-state index contributed by atoms with van der Waals surface area (Å²) in [5.41, 5.74) is 5.57. The topological polar surface area (TPSA) is 46.3 Å². The minimum atomic E-state index is -4.35. The van der Waals surface area contributed by atoms with Gasteiger partial charge in [0, 0.05) is 19.6 Å². The Kier molecular flexibility index (Phi) is 4.56. The minimum Gasteiger partial charge on any atom is -0.341 e. The monoisotopic (exact) mass is 300 g/mol. The highest BCUT2D eigenvalue weighted by Gasteiger charge is 2.34. The summed E-state index contributed by atoms with van der Waals surface area (Å²) in [5.74, 6) is 0.355. The smallest absolute Gasteiger partial charge is 0.341 e. The van der Waals surface area contributed by atoms with Crippen molar-refractivity contribution < 1.29 is 18.0 Å². The third kappa shape index (κ3) is 3.97. The van der Waals surface area contributed by atoms with Gasteiger partial charge in [-0.3, -0.25) is 4.79 Å². The molecule has 1 aliphatic rings. The van der Waals surface area contributed by atoms with Crippen LogP contribution in [-0.4, -0.2) is 30.4 Å². The van der Waals surface area contributed by atoms with Crippen LogP contribution in [0.25, 0.3) is 0 Å². The fraction of sp³-hybridized carbons (Fsp3) is 0.533. The van der Waals surface area contributed by atoms with Crippen molar-refractivity contribution in [3.8, 4) is 0 Å². The Balaban J connectivity index is 1.98. The summed E-state index contributed by atoms with van der Waals surface area (Å²) in [6.07, 6.45) is -2.09. The zero-order valence-electron chi connectivity index (χ0n) is 11.9. The Labute approximate surface area is 121 Å². The van der Waals surface area contributed by atoms with E-state index in [9.17, 15) is 18.0 Å². The third-order valence-electron chi connectivity index (χ3n) is 3.94. The lowest BCUT2D eigenvalue weighted by Gasteiger charge is -2.27. The van der Waals surface area contributed by atoms with E-state index in [2.05, 4.69) is 0 Å². The molecule has 1 aliphatic carbocycles. The molecule has 0 bridgehead atoms. The van der Waals surface area contributed by atoms with Crippen molar-refractivity contribution in [3.05, 3.63) is 35.4 Å². The molecule has 0 aromatic heterocycles. The van der Waals surface area contributed by atoms with E-state index >= 15 is 0 Å². The molecule has 1 aromatic rings. The molecule has 116 valence electrons. The van der Waals surface area contributed by atoms with Crippen molar-refractivity contribution in [1.82, 2.24) is 4.90 Å². The molecule has 0 saturated heterocycles. The predicted molar refractivity (Wildman–Crippen MR) is 73.5 cm³/mol. The Morgan fingerprint density at radius 3 is 2.33 bits per heavy atom. The second-order valence-corrected chi connectivity index (χ2v) is 5.52. The molecule has 1 aromatic carbocycles. The molecule has 1 amide bonds. The summed E-state index contributed by atoms with van der Waals surface area (Å²) >= 11 is 0. The molecule has 1 unspecified atom stereocenters. The largest absolute Gasteiger partial charge is 0.416 e. The molecule has 6 heteroatoms. The van der Waals surface area contributed by atoms with Crippen LogP contribution >= 0.6 is 0 Å². The molecule has 0 aliphatic heterocycles. The predicted octanol–water partition coefficient (Wildman–Crippen LogP) is 2.44. The van der Waals surface area contributed by atoms with Crippen LogP contribution in [0.1, 0.15) is 24.0 Å². The highest BCUT2D eigenvalue weighted by molar-refractivity contribution is 5.79. The van der Waals surface area contributed by atoms with E-state index in [1.54, 1.807) is 11.9 Å². The molecular weight excluding hydrogens is 281 g/mol. The van der Waals surface area contributed by atoms with E-state index in [0.717, 1.165) is 25.0 Å². The lowest BCUT2D eigenvalue weighted by Crippen LogP contribution is -2.43. The zero-order valence-corrected chi connectivity index (χ0v) is 11.9. The number of nitrogens with zero attached hydrogens (tertiary/aromatic N) is 1. The molecule has 3 nitrogen and oxygen atoms in total. The average Bonchev–Trinajstić information content (AvgIpc) is 3.23.